The van der Waals surface area contributed by atoms with Gasteiger partial charge in [-0.3, -0.25) is 0 Å². The highest BCUT2D eigenvalue weighted by Gasteiger charge is 2.28. The molecule has 0 radical (unpaired) electrons. The van der Waals surface area contributed by atoms with Gasteiger partial charge >= 0.3 is 0 Å². The number of benzene rings is 1. The average molecular weight is 382 g/mol. The minimum atomic E-state index is 0.642. The zero-order valence-electron chi connectivity index (χ0n) is 10.7. The zero-order chi connectivity index (χ0) is 13.4. The number of aryl methyl sites for hydroxylation is 1. The Bertz CT molecular complexity index is 622. The Morgan fingerprint density at radius 3 is 2.74 bits per heavy atom. The molecule has 1 aromatic carbocycles. The molecule has 3 rings (SSSR count). The molecule has 98 valence electrons. The number of halogens is 2. The van der Waals surface area contributed by atoms with Gasteiger partial charge in [0.15, 0.2) is 5.82 Å². The molecule has 2 nitrogen and oxygen atoms in total. The first-order valence-electron chi connectivity index (χ1n) is 6.37. The number of rotatable bonds is 3. The average Bonchev–Trinajstić information content (AvgIpc) is 3.25. The lowest BCUT2D eigenvalue weighted by Crippen LogP contribution is -1.99. The van der Waals surface area contributed by atoms with Crippen molar-refractivity contribution in [3.8, 4) is 11.4 Å². The summed E-state index contributed by atoms with van der Waals surface area (Å²) in [6, 6.07) is 6.27. The summed E-state index contributed by atoms with van der Waals surface area (Å²) in [4.78, 5) is 9.28. The molecule has 19 heavy (non-hydrogen) atoms. The molecular formula is C15H14Br2N2. The first kappa shape index (κ1) is 13.3. The minimum absolute atomic E-state index is 0.642. The summed E-state index contributed by atoms with van der Waals surface area (Å²) in [6.45, 7) is 2.08. The molecule has 0 unspecified atom stereocenters. The van der Waals surface area contributed by atoms with Crippen LogP contribution in [-0.4, -0.2) is 9.97 Å². The third kappa shape index (κ3) is 2.75. The summed E-state index contributed by atoms with van der Waals surface area (Å²) in [7, 11) is 0. The Hall–Kier alpha value is -0.740. The highest BCUT2D eigenvalue weighted by Crippen LogP contribution is 2.41. The monoisotopic (exact) mass is 380 g/mol. The van der Waals surface area contributed by atoms with Gasteiger partial charge in [0, 0.05) is 33.0 Å². The van der Waals surface area contributed by atoms with Crippen molar-refractivity contribution in [1.82, 2.24) is 9.97 Å². The summed E-state index contributed by atoms with van der Waals surface area (Å²) in [5.74, 6) is 1.47. The molecule has 2 aromatic rings. The number of aromatic nitrogens is 2. The molecule has 1 fully saturated rings. The van der Waals surface area contributed by atoms with Crippen molar-refractivity contribution in [1.29, 1.82) is 0 Å². The Balaban J connectivity index is 2.04. The molecule has 1 saturated carbocycles. The smallest absolute Gasteiger partial charge is 0.159 e. The Morgan fingerprint density at radius 1 is 1.32 bits per heavy atom. The molecular weight excluding hydrogens is 368 g/mol. The van der Waals surface area contributed by atoms with Gasteiger partial charge in [0.2, 0.25) is 0 Å². The number of nitrogens with zero attached hydrogens (tertiary/aromatic N) is 2. The van der Waals surface area contributed by atoms with Crippen molar-refractivity contribution >= 4 is 31.9 Å². The van der Waals surface area contributed by atoms with Crippen LogP contribution in [0.3, 0.4) is 0 Å². The molecule has 0 spiro atoms. The predicted octanol–water partition coefficient (Wildman–Crippen LogP) is 4.99. The first-order chi connectivity index (χ1) is 9.19. The molecule has 0 N–H and O–H groups in total. The van der Waals surface area contributed by atoms with Gasteiger partial charge in [-0.2, -0.15) is 0 Å². The van der Waals surface area contributed by atoms with E-state index in [0.717, 1.165) is 21.2 Å². The molecule has 0 saturated heterocycles. The second-order valence-electron chi connectivity index (χ2n) is 4.98. The van der Waals surface area contributed by atoms with E-state index in [0.29, 0.717) is 5.92 Å². The van der Waals surface area contributed by atoms with Crippen molar-refractivity contribution in [3.05, 3.63) is 45.7 Å². The van der Waals surface area contributed by atoms with Crippen LogP contribution in [0.25, 0.3) is 11.4 Å². The molecule has 1 aliphatic carbocycles. The number of alkyl halides is 1. The lowest BCUT2D eigenvalue weighted by atomic mass is 10.1. The molecule has 0 amide bonds. The van der Waals surface area contributed by atoms with Crippen molar-refractivity contribution < 1.29 is 0 Å². The van der Waals surface area contributed by atoms with Gasteiger partial charge in [0.1, 0.15) is 0 Å². The normalized spacial score (nSPS) is 14.7. The van der Waals surface area contributed by atoms with E-state index in [1.807, 2.05) is 6.20 Å². The highest BCUT2D eigenvalue weighted by molar-refractivity contribution is 9.10. The van der Waals surface area contributed by atoms with Crippen LogP contribution in [-0.2, 0) is 5.33 Å². The summed E-state index contributed by atoms with van der Waals surface area (Å²) >= 11 is 7.09. The Labute approximate surface area is 129 Å². The van der Waals surface area contributed by atoms with Crippen LogP contribution < -0.4 is 0 Å². The van der Waals surface area contributed by atoms with Crippen molar-refractivity contribution in [2.75, 3.05) is 0 Å². The Kier molecular flexibility index (Phi) is 3.72. The van der Waals surface area contributed by atoms with E-state index in [2.05, 4.69) is 62.0 Å². The van der Waals surface area contributed by atoms with E-state index in [1.54, 1.807) is 0 Å². The van der Waals surface area contributed by atoms with Gasteiger partial charge in [-0.1, -0.05) is 44.0 Å². The van der Waals surface area contributed by atoms with Gasteiger partial charge in [0.25, 0.3) is 0 Å². The van der Waals surface area contributed by atoms with E-state index >= 15 is 0 Å². The lowest BCUT2D eigenvalue weighted by Gasteiger charge is -2.08. The fourth-order valence-electron chi connectivity index (χ4n) is 2.10. The molecule has 1 aliphatic rings. The third-order valence-electron chi connectivity index (χ3n) is 3.44. The van der Waals surface area contributed by atoms with Crippen LogP contribution in [0.5, 0.6) is 0 Å². The number of hydrogen-bond donors (Lipinski definition) is 0. The van der Waals surface area contributed by atoms with Crippen LogP contribution in [0.15, 0.2) is 28.9 Å². The zero-order valence-corrected chi connectivity index (χ0v) is 13.8. The van der Waals surface area contributed by atoms with Crippen LogP contribution in [0.1, 0.15) is 35.6 Å². The van der Waals surface area contributed by atoms with Crippen LogP contribution >= 0.6 is 31.9 Å². The molecule has 0 aliphatic heterocycles. The summed E-state index contributed by atoms with van der Waals surface area (Å²) in [5, 5.41) is 0.830. The minimum Gasteiger partial charge on any atom is -0.236 e. The lowest BCUT2D eigenvalue weighted by molar-refractivity contribution is 0.962. The van der Waals surface area contributed by atoms with Crippen molar-refractivity contribution in [3.63, 3.8) is 0 Å². The summed E-state index contributed by atoms with van der Waals surface area (Å²) < 4.78 is 1.10. The van der Waals surface area contributed by atoms with Crippen molar-refractivity contribution in [2.45, 2.75) is 31.0 Å². The first-order valence-corrected chi connectivity index (χ1v) is 8.29. The summed E-state index contributed by atoms with van der Waals surface area (Å²) in [6.07, 6.45) is 4.47. The standard InChI is InChI=1S/C15H14Br2N2/c1-9-2-3-11(6-13(9)17)15-18-8-12(7-16)14(19-15)10-4-5-10/h2-3,6,8,10H,4-5,7H2,1H3. The van der Waals surface area contributed by atoms with E-state index in [1.165, 1.54) is 29.7 Å². The maximum atomic E-state index is 4.78. The van der Waals surface area contributed by atoms with Crippen molar-refractivity contribution in [2.24, 2.45) is 0 Å². The molecule has 0 bridgehead atoms. The second kappa shape index (κ2) is 5.33. The Morgan fingerprint density at radius 2 is 2.11 bits per heavy atom. The largest absolute Gasteiger partial charge is 0.236 e. The second-order valence-corrected chi connectivity index (χ2v) is 6.39. The molecule has 1 heterocycles. The fraction of sp³-hybridized carbons (Fsp3) is 0.333. The van der Waals surface area contributed by atoms with Crippen LogP contribution in [0.2, 0.25) is 0 Å². The van der Waals surface area contributed by atoms with Crippen LogP contribution in [0, 0.1) is 6.92 Å². The highest BCUT2D eigenvalue weighted by atomic mass is 79.9. The van der Waals surface area contributed by atoms with E-state index in [-0.39, 0.29) is 0 Å². The van der Waals surface area contributed by atoms with Gasteiger partial charge < -0.3 is 0 Å². The SMILES string of the molecule is Cc1ccc(-c2ncc(CBr)c(C3CC3)n2)cc1Br. The van der Waals surface area contributed by atoms with Crippen LogP contribution in [0.4, 0.5) is 0 Å². The quantitative estimate of drug-likeness (QED) is 0.700. The van der Waals surface area contributed by atoms with Gasteiger partial charge in [-0.05, 0) is 31.4 Å². The summed E-state index contributed by atoms with van der Waals surface area (Å²) in [5.41, 5.74) is 4.74. The van der Waals surface area contributed by atoms with E-state index in [4.69, 9.17) is 4.98 Å². The van der Waals surface area contributed by atoms with Gasteiger partial charge in [-0.15, -0.1) is 0 Å². The molecule has 1 aromatic heterocycles. The maximum Gasteiger partial charge on any atom is 0.159 e. The number of hydrogen-bond acceptors (Lipinski definition) is 2. The molecule has 0 atom stereocenters. The fourth-order valence-corrected chi connectivity index (χ4v) is 2.92. The van der Waals surface area contributed by atoms with Gasteiger partial charge in [-0.25, -0.2) is 9.97 Å². The molecule has 4 heteroatoms. The van der Waals surface area contributed by atoms with Gasteiger partial charge in [0.05, 0.1) is 5.69 Å². The van der Waals surface area contributed by atoms with E-state index < -0.39 is 0 Å². The topological polar surface area (TPSA) is 25.8 Å². The van der Waals surface area contributed by atoms with E-state index in [9.17, 15) is 0 Å². The predicted molar refractivity (Wildman–Crippen MR) is 84.5 cm³/mol. The maximum absolute atomic E-state index is 4.78. The third-order valence-corrected chi connectivity index (χ3v) is 4.89.